The van der Waals surface area contributed by atoms with E-state index in [1.165, 1.54) is 11.3 Å². The number of fused-ring (bicyclic) bond motifs is 1. The van der Waals surface area contributed by atoms with Crippen LogP contribution in [0.5, 0.6) is 5.75 Å². The minimum atomic E-state index is -0.621. The fraction of sp³-hybridized carbons (Fsp3) is 0.167. The lowest BCUT2D eigenvalue weighted by Gasteiger charge is -2.24. The molecule has 5 rings (SSSR count). The summed E-state index contributed by atoms with van der Waals surface area (Å²) < 4.78 is 15.2. The van der Waals surface area contributed by atoms with Crippen molar-refractivity contribution in [1.82, 2.24) is 4.57 Å². The fourth-order valence-electron chi connectivity index (χ4n) is 4.36. The van der Waals surface area contributed by atoms with Gasteiger partial charge in [0.2, 0.25) is 0 Å². The van der Waals surface area contributed by atoms with Crippen LogP contribution in [0.1, 0.15) is 36.6 Å². The molecule has 0 saturated heterocycles. The highest BCUT2D eigenvalue weighted by atomic mass is 79.9. The standard InChI is InChI=1S/C30H24Br2N2O4S/c1-3-37-29(36)26-18(2)33-30-34(27(26)21-7-5-4-6-8-21)28(35)25(39-30)16-20-11-14-24(23(32)15-20)38-17-19-9-12-22(31)13-10-19/h4-16,27H,3,17H2,1-2H3/b25-16-/t27-/m1/s1. The van der Waals surface area contributed by atoms with Gasteiger partial charge in [-0.25, -0.2) is 9.79 Å². The van der Waals surface area contributed by atoms with Gasteiger partial charge in [-0.2, -0.15) is 0 Å². The molecule has 3 aromatic carbocycles. The van der Waals surface area contributed by atoms with E-state index in [1.54, 1.807) is 18.4 Å². The van der Waals surface area contributed by atoms with E-state index >= 15 is 0 Å². The fourth-order valence-corrected chi connectivity index (χ4v) is 6.18. The molecule has 0 radical (unpaired) electrons. The molecule has 6 nitrogen and oxygen atoms in total. The van der Waals surface area contributed by atoms with E-state index in [4.69, 9.17) is 9.47 Å². The van der Waals surface area contributed by atoms with Gasteiger partial charge in [0.1, 0.15) is 12.4 Å². The maximum atomic E-state index is 13.7. The Morgan fingerprint density at radius 2 is 1.82 bits per heavy atom. The predicted molar refractivity (Wildman–Crippen MR) is 159 cm³/mol. The van der Waals surface area contributed by atoms with E-state index in [9.17, 15) is 9.59 Å². The number of aromatic nitrogens is 1. The lowest BCUT2D eigenvalue weighted by Crippen LogP contribution is -2.39. The molecule has 1 atom stereocenters. The van der Waals surface area contributed by atoms with E-state index in [0.717, 1.165) is 25.6 Å². The average Bonchev–Trinajstić information content (AvgIpc) is 3.23. The van der Waals surface area contributed by atoms with E-state index in [-0.39, 0.29) is 12.2 Å². The minimum absolute atomic E-state index is 0.214. The van der Waals surface area contributed by atoms with Crippen molar-refractivity contribution >= 4 is 55.2 Å². The third kappa shape index (κ3) is 5.85. The van der Waals surface area contributed by atoms with Gasteiger partial charge in [0.05, 0.1) is 32.9 Å². The van der Waals surface area contributed by atoms with Crippen molar-refractivity contribution < 1.29 is 14.3 Å². The lowest BCUT2D eigenvalue weighted by molar-refractivity contribution is -0.139. The molecule has 39 heavy (non-hydrogen) atoms. The summed E-state index contributed by atoms with van der Waals surface area (Å²) in [6.45, 7) is 4.21. The summed E-state index contributed by atoms with van der Waals surface area (Å²) in [5.41, 5.74) is 3.41. The largest absolute Gasteiger partial charge is 0.488 e. The van der Waals surface area contributed by atoms with Crippen LogP contribution >= 0.6 is 43.2 Å². The molecule has 1 aromatic heterocycles. The second kappa shape index (κ2) is 11.9. The van der Waals surface area contributed by atoms with Crippen molar-refractivity contribution in [2.24, 2.45) is 4.99 Å². The number of esters is 1. The molecular formula is C30H24Br2N2O4S. The van der Waals surface area contributed by atoms with Crippen molar-refractivity contribution in [1.29, 1.82) is 0 Å². The Hall–Kier alpha value is -3.27. The van der Waals surface area contributed by atoms with Gasteiger partial charge in [0.15, 0.2) is 4.80 Å². The molecule has 0 unspecified atom stereocenters. The van der Waals surface area contributed by atoms with E-state index in [2.05, 4.69) is 36.9 Å². The van der Waals surface area contributed by atoms with Crippen molar-refractivity contribution in [3.63, 3.8) is 0 Å². The number of halogens is 2. The summed E-state index contributed by atoms with van der Waals surface area (Å²) in [6.07, 6.45) is 1.83. The maximum Gasteiger partial charge on any atom is 0.338 e. The quantitative estimate of drug-likeness (QED) is 0.230. The van der Waals surface area contributed by atoms with Crippen molar-refractivity contribution in [3.05, 3.63) is 129 Å². The van der Waals surface area contributed by atoms with Crippen molar-refractivity contribution in [2.75, 3.05) is 6.61 Å². The van der Waals surface area contributed by atoms with E-state index in [1.807, 2.05) is 78.9 Å². The zero-order chi connectivity index (χ0) is 27.5. The van der Waals surface area contributed by atoms with Crippen LogP contribution in [-0.4, -0.2) is 17.1 Å². The molecule has 4 aromatic rings. The number of thiazole rings is 1. The summed E-state index contributed by atoms with van der Waals surface area (Å²) in [4.78, 5) is 31.9. The number of hydrogen-bond donors (Lipinski definition) is 0. The highest BCUT2D eigenvalue weighted by Gasteiger charge is 2.33. The first-order valence-electron chi connectivity index (χ1n) is 12.3. The molecule has 0 aliphatic carbocycles. The molecule has 1 aliphatic heterocycles. The molecule has 2 heterocycles. The van der Waals surface area contributed by atoms with Crippen LogP contribution < -0.4 is 19.6 Å². The molecule has 0 spiro atoms. The van der Waals surface area contributed by atoms with Crippen molar-refractivity contribution in [3.8, 4) is 5.75 Å². The Kier molecular flexibility index (Phi) is 8.30. The number of nitrogens with zero attached hydrogens (tertiary/aromatic N) is 2. The zero-order valence-electron chi connectivity index (χ0n) is 21.2. The van der Waals surface area contributed by atoms with Gasteiger partial charge < -0.3 is 9.47 Å². The molecule has 0 N–H and O–H groups in total. The van der Waals surface area contributed by atoms with Gasteiger partial charge in [-0.3, -0.25) is 9.36 Å². The number of carbonyl (C=O) groups excluding carboxylic acids is 1. The SMILES string of the molecule is CCOC(=O)C1=C(C)N=c2s/c(=C\c3ccc(OCc4ccc(Br)cc4)c(Br)c3)c(=O)n2[C@@H]1c1ccccc1. The first-order chi connectivity index (χ1) is 18.9. The van der Waals surface area contributed by atoms with Gasteiger partial charge in [-0.05, 0) is 76.8 Å². The van der Waals surface area contributed by atoms with E-state index < -0.39 is 12.0 Å². The molecule has 0 amide bonds. The molecule has 9 heteroatoms. The van der Waals surface area contributed by atoms with Crippen LogP contribution in [0.2, 0.25) is 0 Å². The normalized spacial score (nSPS) is 15.1. The Labute approximate surface area is 246 Å². The number of ether oxygens (including phenoxy) is 2. The van der Waals surface area contributed by atoms with Crippen LogP contribution in [0.3, 0.4) is 0 Å². The summed E-state index contributed by atoms with van der Waals surface area (Å²) in [6, 6.07) is 22.5. The Bertz CT molecular complexity index is 1740. The molecule has 198 valence electrons. The lowest BCUT2D eigenvalue weighted by atomic mass is 9.96. The number of rotatable bonds is 7. The molecule has 0 fully saturated rings. The molecule has 1 aliphatic rings. The van der Waals surface area contributed by atoms with Gasteiger partial charge in [0, 0.05) is 4.47 Å². The van der Waals surface area contributed by atoms with E-state index in [0.29, 0.717) is 33.0 Å². The first-order valence-corrected chi connectivity index (χ1v) is 14.7. The highest BCUT2D eigenvalue weighted by Crippen LogP contribution is 2.31. The Morgan fingerprint density at radius 3 is 2.51 bits per heavy atom. The minimum Gasteiger partial charge on any atom is -0.488 e. The molecule has 0 bridgehead atoms. The third-order valence-electron chi connectivity index (χ3n) is 6.19. The Balaban J connectivity index is 1.50. The smallest absolute Gasteiger partial charge is 0.338 e. The second-order valence-electron chi connectivity index (χ2n) is 8.82. The summed E-state index contributed by atoms with van der Waals surface area (Å²) >= 11 is 8.34. The van der Waals surface area contributed by atoms with Crippen LogP contribution in [0.15, 0.2) is 103 Å². The van der Waals surface area contributed by atoms with Gasteiger partial charge >= 0.3 is 5.97 Å². The molecule has 0 saturated carbocycles. The average molecular weight is 668 g/mol. The zero-order valence-corrected chi connectivity index (χ0v) is 25.2. The molecular weight excluding hydrogens is 644 g/mol. The predicted octanol–water partition coefficient (Wildman–Crippen LogP) is 5.90. The second-order valence-corrected chi connectivity index (χ2v) is 11.6. The van der Waals surface area contributed by atoms with Crippen molar-refractivity contribution in [2.45, 2.75) is 26.5 Å². The topological polar surface area (TPSA) is 69.9 Å². The number of carbonyl (C=O) groups is 1. The van der Waals surface area contributed by atoms with Gasteiger partial charge in [0.25, 0.3) is 5.56 Å². The summed E-state index contributed by atoms with van der Waals surface area (Å²) in [5, 5.41) is 0. The van der Waals surface area contributed by atoms with Gasteiger partial charge in [-0.1, -0.05) is 75.8 Å². The first kappa shape index (κ1) is 27.3. The van der Waals surface area contributed by atoms with Crippen LogP contribution in [0, 0.1) is 0 Å². The number of hydrogen-bond acceptors (Lipinski definition) is 6. The summed E-state index contributed by atoms with van der Waals surface area (Å²) in [5.74, 6) is 0.236. The van der Waals surface area contributed by atoms with Gasteiger partial charge in [-0.15, -0.1) is 0 Å². The summed E-state index contributed by atoms with van der Waals surface area (Å²) in [7, 11) is 0. The monoisotopic (exact) mass is 666 g/mol. The van der Waals surface area contributed by atoms with Crippen LogP contribution in [0.4, 0.5) is 0 Å². The van der Waals surface area contributed by atoms with Crippen LogP contribution in [0.25, 0.3) is 6.08 Å². The highest BCUT2D eigenvalue weighted by molar-refractivity contribution is 9.10. The van der Waals surface area contributed by atoms with Crippen LogP contribution in [-0.2, 0) is 16.1 Å². The maximum absolute atomic E-state index is 13.7. The number of allylic oxidation sites excluding steroid dienone is 1. The Morgan fingerprint density at radius 1 is 1.08 bits per heavy atom. The third-order valence-corrected chi connectivity index (χ3v) is 8.32. The number of benzene rings is 3.